The second kappa shape index (κ2) is 6.87. The van der Waals surface area contributed by atoms with Crippen LogP contribution in [0.3, 0.4) is 0 Å². The third kappa shape index (κ3) is 3.56. The van der Waals surface area contributed by atoms with Crippen molar-refractivity contribution >= 4 is 22.6 Å². The van der Waals surface area contributed by atoms with Gasteiger partial charge in [0.1, 0.15) is 0 Å². The molecule has 0 bridgehead atoms. The fourth-order valence-corrected chi connectivity index (χ4v) is 3.32. The molecule has 0 aliphatic heterocycles. The van der Waals surface area contributed by atoms with E-state index in [-0.39, 0.29) is 12.2 Å². The van der Waals surface area contributed by atoms with E-state index in [1.165, 1.54) is 0 Å². The van der Waals surface area contributed by atoms with Crippen LogP contribution in [0.2, 0.25) is 0 Å². The topological polar surface area (TPSA) is 92.4 Å². The van der Waals surface area contributed by atoms with Gasteiger partial charge in [-0.25, -0.2) is 4.98 Å². The van der Waals surface area contributed by atoms with Crippen LogP contribution >= 0.6 is 0 Å². The van der Waals surface area contributed by atoms with E-state index in [1.54, 1.807) is 6.92 Å². The van der Waals surface area contributed by atoms with Crippen LogP contribution < -0.4 is 5.32 Å². The Morgan fingerprint density at radius 1 is 1.22 bits per heavy atom. The average Bonchev–Trinajstić information content (AvgIpc) is 3.42. The SMILES string of the molecule is Cc1nc(C2CC2)oc1C(=O)N[C@H](CC(=O)O)c1cccc2ccccc12. The number of aromatic nitrogens is 1. The van der Waals surface area contributed by atoms with Gasteiger partial charge in [0.2, 0.25) is 5.76 Å². The molecule has 1 aliphatic carbocycles. The summed E-state index contributed by atoms with van der Waals surface area (Å²) in [6.45, 7) is 1.73. The molecule has 6 heteroatoms. The number of carbonyl (C=O) groups is 2. The normalized spacial score (nSPS) is 14.9. The summed E-state index contributed by atoms with van der Waals surface area (Å²) in [7, 11) is 0. The van der Waals surface area contributed by atoms with Crippen LogP contribution in [0.1, 0.15) is 58.9 Å². The molecule has 4 rings (SSSR count). The van der Waals surface area contributed by atoms with Crippen molar-refractivity contribution in [2.45, 2.75) is 38.1 Å². The van der Waals surface area contributed by atoms with Gasteiger partial charge in [-0.3, -0.25) is 9.59 Å². The maximum atomic E-state index is 12.8. The van der Waals surface area contributed by atoms with Crippen LogP contribution in [0.4, 0.5) is 0 Å². The van der Waals surface area contributed by atoms with Crippen molar-refractivity contribution in [3.05, 3.63) is 65.4 Å². The molecule has 2 aromatic carbocycles. The van der Waals surface area contributed by atoms with Gasteiger partial charge >= 0.3 is 5.97 Å². The van der Waals surface area contributed by atoms with E-state index in [0.29, 0.717) is 17.5 Å². The first-order valence-corrected chi connectivity index (χ1v) is 9.00. The number of oxazole rings is 1. The highest BCUT2D eigenvalue weighted by molar-refractivity contribution is 5.94. The summed E-state index contributed by atoms with van der Waals surface area (Å²) < 4.78 is 5.66. The standard InChI is InChI=1S/C21H20N2O4/c1-12-19(27-21(22-12)14-9-10-14)20(26)23-17(11-18(24)25)16-8-4-6-13-5-2-3-7-15(13)16/h2-8,14,17H,9-11H2,1H3,(H,23,26)(H,24,25)/t17-/m1/s1. The number of carbonyl (C=O) groups excluding carboxylic acids is 1. The number of fused-ring (bicyclic) bond motifs is 1. The van der Waals surface area contributed by atoms with Crippen LogP contribution in [0.5, 0.6) is 0 Å². The van der Waals surface area contributed by atoms with E-state index in [0.717, 1.165) is 29.2 Å². The quantitative estimate of drug-likeness (QED) is 0.691. The molecular formula is C21H20N2O4. The second-order valence-corrected chi connectivity index (χ2v) is 6.93. The van der Waals surface area contributed by atoms with Gasteiger partial charge in [-0.2, -0.15) is 0 Å². The lowest BCUT2D eigenvalue weighted by Gasteiger charge is -2.19. The van der Waals surface area contributed by atoms with Crippen LogP contribution in [-0.2, 0) is 4.79 Å². The van der Waals surface area contributed by atoms with Gasteiger partial charge in [0, 0.05) is 5.92 Å². The zero-order chi connectivity index (χ0) is 19.0. The van der Waals surface area contributed by atoms with Crippen LogP contribution in [0.15, 0.2) is 46.9 Å². The van der Waals surface area contributed by atoms with E-state index in [4.69, 9.17) is 4.42 Å². The molecular weight excluding hydrogens is 344 g/mol. The largest absolute Gasteiger partial charge is 0.481 e. The van der Waals surface area contributed by atoms with Gasteiger partial charge in [0.15, 0.2) is 5.89 Å². The van der Waals surface area contributed by atoms with E-state index in [2.05, 4.69) is 10.3 Å². The Morgan fingerprint density at radius 2 is 1.96 bits per heavy atom. The zero-order valence-electron chi connectivity index (χ0n) is 14.9. The van der Waals surface area contributed by atoms with Crippen molar-refractivity contribution in [2.24, 2.45) is 0 Å². The molecule has 0 unspecified atom stereocenters. The van der Waals surface area contributed by atoms with Gasteiger partial charge in [-0.05, 0) is 36.1 Å². The Bertz CT molecular complexity index is 1010. The number of nitrogens with one attached hydrogen (secondary N) is 1. The predicted octanol–water partition coefficient (Wildman–Crippen LogP) is 3.96. The number of hydrogen-bond acceptors (Lipinski definition) is 4. The minimum absolute atomic E-state index is 0.160. The third-order valence-electron chi connectivity index (χ3n) is 4.83. The highest BCUT2D eigenvalue weighted by Crippen LogP contribution is 2.40. The maximum Gasteiger partial charge on any atom is 0.305 e. The number of aliphatic carboxylic acids is 1. The zero-order valence-corrected chi connectivity index (χ0v) is 14.9. The lowest BCUT2D eigenvalue weighted by molar-refractivity contribution is -0.137. The summed E-state index contributed by atoms with van der Waals surface area (Å²) in [5.74, 6) is -0.365. The van der Waals surface area contributed by atoms with E-state index in [1.807, 2.05) is 42.5 Å². The summed E-state index contributed by atoms with van der Waals surface area (Å²) in [5.41, 5.74) is 1.30. The molecule has 27 heavy (non-hydrogen) atoms. The monoisotopic (exact) mass is 364 g/mol. The van der Waals surface area contributed by atoms with Gasteiger partial charge in [0.25, 0.3) is 5.91 Å². The van der Waals surface area contributed by atoms with E-state index >= 15 is 0 Å². The molecule has 1 atom stereocenters. The van der Waals surface area contributed by atoms with Crippen LogP contribution in [0, 0.1) is 6.92 Å². The predicted molar refractivity (Wildman–Crippen MR) is 99.6 cm³/mol. The molecule has 6 nitrogen and oxygen atoms in total. The molecule has 138 valence electrons. The molecule has 1 aromatic heterocycles. The first kappa shape index (κ1) is 17.3. The highest BCUT2D eigenvalue weighted by atomic mass is 16.4. The summed E-state index contributed by atoms with van der Waals surface area (Å²) in [5, 5.41) is 14.1. The van der Waals surface area contributed by atoms with Gasteiger partial charge in [0.05, 0.1) is 18.2 Å². The van der Waals surface area contributed by atoms with Gasteiger partial charge in [-0.1, -0.05) is 42.5 Å². The summed E-state index contributed by atoms with van der Waals surface area (Å²) in [4.78, 5) is 28.5. The number of aryl methyl sites for hydroxylation is 1. The minimum atomic E-state index is -0.985. The van der Waals surface area contributed by atoms with Crippen LogP contribution in [0.25, 0.3) is 10.8 Å². The highest BCUT2D eigenvalue weighted by Gasteiger charge is 2.31. The Morgan fingerprint density at radius 3 is 2.70 bits per heavy atom. The van der Waals surface area contributed by atoms with Crippen molar-refractivity contribution in [1.82, 2.24) is 10.3 Å². The molecule has 1 aliphatic rings. The minimum Gasteiger partial charge on any atom is -0.481 e. The third-order valence-corrected chi connectivity index (χ3v) is 4.83. The van der Waals surface area contributed by atoms with Crippen molar-refractivity contribution in [1.29, 1.82) is 0 Å². The first-order valence-electron chi connectivity index (χ1n) is 9.00. The smallest absolute Gasteiger partial charge is 0.305 e. The Kier molecular flexibility index (Phi) is 4.39. The average molecular weight is 364 g/mol. The molecule has 1 saturated carbocycles. The molecule has 2 N–H and O–H groups in total. The number of carboxylic acids is 1. The summed E-state index contributed by atoms with van der Waals surface area (Å²) >= 11 is 0. The van der Waals surface area contributed by atoms with Crippen molar-refractivity contribution in [3.8, 4) is 0 Å². The number of nitrogens with zero attached hydrogens (tertiary/aromatic N) is 1. The number of carboxylic acid groups (broad SMARTS) is 1. The molecule has 0 saturated heterocycles. The molecule has 3 aromatic rings. The number of hydrogen-bond donors (Lipinski definition) is 2. The second-order valence-electron chi connectivity index (χ2n) is 6.93. The van der Waals surface area contributed by atoms with E-state index < -0.39 is 17.9 Å². The first-order chi connectivity index (χ1) is 13.0. The van der Waals surface area contributed by atoms with Gasteiger partial charge in [-0.15, -0.1) is 0 Å². The number of amides is 1. The number of benzene rings is 2. The molecule has 0 spiro atoms. The maximum absolute atomic E-state index is 12.8. The fraction of sp³-hybridized carbons (Fsp3) is 0.286. The van der Waals surface area contributed by atoms with Crippen molar-refractivity contribution in [2.75, 3.05) is 0 Å². The van der Waals surface area contributed by atoms with Crippen molar-refractivity contribution in [3.63, 3.8) is 0 Å². The summed E-state index contributed by atoms with van der Waals surface area (Å²) in [6.07, 6.45) is 1.83. The Labute approximate surface area is 156 Å². The molecule has 1 heterocycles. The lowest BCUT2D eigenvalue weighted by atomic mass is 9.96. The van der Waals surface area contributed by atoms with Gasteiger partial charge < -0.3 is 14.8 Å². The fourth-order valence-electron chi connectivity index (χ4n) is 3.32. The molecule has 0 radical (unpaired) electrons. The number of rotatable bonds is 6. The van der Waals surface area contributed by atoms with E-state index in [9.17, 15) is 14.7 Å². The van der Waals surface area contributed by atoms with Crippen LogP contribution in [-0.4, -0.2) is 22.0 Å². The Balaban J connectivity index is 1.66. The Hall–Kier alpha value is -3.15. The summed E-state index contributed by atoms with van der Waals surface area (Å²) in [6, 6.07) is 12.7. The molecule has 1 fully saturated rings. The van der Waals surface area contributed by atoms with Crippen molar-refractivity contribution < 1.29 is 19.1 Å². The molecule has 1 amide bonds. The lowest BCUT2D eigenvalue weighted by Crippen LogP contribution is -2.30.